The topological polar surface area (TPSA) is 115 Å². The maximum atomic E-state index is 13.4. The first-order valence-corrected chi connectivity index (χ1v) is 12.5. The number of rotatable bonds is 10. The molecule has 37 heavy (non-hydrogen) atoms. The van der Waals surface area contributed by atoms with Gasteiger partial charge in [-0.05, 0) is 52.3 Å². The summed E-state index contributed by atoms with van der Waals surface area (Å²) in [6, 6.07) is 17.8. The van der Waals surface area contributed by atoms with E-state index in [-0.39, 0.29) is 6.61 Å². The maximum absolute atomic E-state index is 13.4. The number of carboxylic acids is 1. The number of nitrogens with one attached hydrogen (secondary N) is 1. The normalized spacial score (nSPS) is 13.8. The molecule has 1 aromatic heterocycles. The van der Waals surface area contributed by atoms with Gasteiger partial charge in [-0.25, -0.2) is 0 Å². The Balaban J connectivity index is 1.91. The number of carbonyl (C=O) groups excluding carboxylic acids is 1. The smallest absolute Gasteiger partial charge is 0.309 e. The second kappa shape index (κ2) is 11.9. The third-order valence-electron chi connectivity index (χ3n) is 6.71. The summed E-state index contributed by atoms with van der Waals surface area (Å²) in [6.45, 7) is 7.40. The largest absolute Gasteiger partial charge is 0.481 e. The van der Waals surface area contributed by atoms with Gasteiger partial charge < -0.3 is 20.1 Å². The molecule has 0 fully saturated rings. The van der Waals surface area contributed by atoms with Crippen LogP contribution in [0.5, 0.6) is 0 Å². The van der Waals surface area contributed by atoms with Gasteiger partial charge in [-0.1, -0.05) is 70.5 Å². The summed E-state index contributed by atoms with van der Waals surface area (Å²) in [6.07, 6.45) is 4.51. The van der Waals surface area contributed by atoms with Crippen molar-refractivity contribution in [1.82, 2.24) is 9.88 Å². The molecule has 3 atom stereocenters. The number of nitrogens with zero attached hydrogens (tertiary/aromatic N) is 2. The number of aromatic nitrogens is 1. The number of aliphatic hydroxyl groups is 1. The Hall–Kier alpha value is -3.89. The number of aliphatic hydroxyl groups excluding tert-OH is 1. The number of hydrogen-bond donors (Lipinski definition) is 3. The van der Waals surface area contributed by atoms with Crippen molar-refractivity contribution in [3.8, 4) is 28.3 Å². The second-order valence-electron chi connectivity index (χ2n) is 10.4. The van der Waals surface area contributed by atoms with Crippen molar-refractivity contribution in [2.45, 2.75) is 52.6 Å². The molecule has 1 heterocycles. The van der Waals surface area contributed by atoms with E-state index in [4.69, 9.17) is 5.26 Å². The number of carbonyl (C=O) groups is 2. The van der Waals surface area contributed by atoms with Gasteiger partial charge >= 0.3 is 5.97 Å². The summed E-state index contributed by atoms with van der Waals surface area (Å²) in [5.41, 5.74) is 4.02. The van der Waals surface area contributed by atoms with Crippen LogP contribution in [0.15, 0.2) is 67.0 Å². The van der Waals surface area contributed by atoms with E-state index < -0.39 is 35.3 Å². The number of benzene rings is 2. The van der Waals surface area contributed by atoms with Crippen LogP contribution in [-0.2, 0) is 9.59 Å². The second-order valence-corrected chi connectivity index (χ2v) is 10.4. The van der Waals surface area contributed by atoms with Crippen LogP contribution in [0.1, 0.15) is 52.1 Å². The highest BCUT2D eigenvalue weighted by atomic mass is 16.4. The lowest BCUT2D eigenvalue weighted by Crippen LogP contribution is -2.50. The fourth-order valence-corrected chi connectivity index (χ4v) is 4.40. The lowest BCUT2D eigenvalue weighted by Gasteiger charge is -2.33. The highest BCUT2D eigenvalue weighted by Gasteiger charge is 2.37. The summed E-state index contributed by atoms with van der Waals surface area (Å²) in [5.74, 6) is -2.36. The van der Waals surface area contributed by atoms with Crippen molar-refractivity contribution in [1.29, 1.82) is 5.26 Å². The van der Waals surface area contributed by atoms with Gasteiger partial charge in [0.25, 0.3) is 0 Å². The molecule has 0 aliphatic rings. The predicted molar refractivity (Wildman–Crippen MR) is 144 cm³/mol. The van der Waals surface area contributed by atoms with E-state index in [9.17, 15) is 19.8 Å². The molecule has 0 bridgehead atoms. The summed E-state index contributed by atoms with van der Waals surface area (Å²) < 4.78 is 1.67. The Bertz CT molecular complexity index is 1250. The molecule has 7 nitrogen and oxygen atoms in total. The van der Waals surface area contributed by atoms with Crippen molar-refractivity contribution < 1.29 is 19.8 Å². The summed E-state index contributed by atoms with van der Waals surface area (Å²) in [5, 5.41) is 31.7. The van der Waals surface area contributed by atoms with Crippen LogP contribution in [0, 0.1) is 22.7 Å². The molecule has 194 valence electrons. The minimum atomic E-state index is -1.03. The monoisotopic (exact) mass is 501 g/mol. The van der Waals surface area contributed by atoms with Gasteiger partial charge in [0.15, 0.2) is 0 Å². The molecule has 0 saturated heterocycles. The third-order valence-corrected chi connectivity index (χ3v) is 6.71. The predicted octanol–water partition coefficient (Wildman–Crippen LogP) is 5.26. The van der Waals surface area contributed by atoms with Crippen LogP contribution >= 0.6 is 0 Å². The van der Waals surface area contributed by atoms with Crippen LogP contribution in [0.2, 0.25) is 0 Å². The van der Waals surface area contributed by atoms with Crippen LogP contribution in [-0.4, -0.2) is 39.3 Å². The van der Waals surface area contributed by atoms with Crippen molar-refractivity contribution in [3.63, 3.8) is 0 Å². The van der Waals surface area contributed by atoms with E-state index in [0.717, 1.165) is 22.3 Å². The average molecular weight is 502 g/mol. The van der Waals surface area contributed by atoms with E-state index in [1.54, 1.807) is 29.1 Å². The molecule has 7 heteroatoms. The van der Waals surface area contributed by atoms with Gasteiger partial charge in [-0.3, -0.25) is 9.59 Å². The molecular formula is C30H35N3O4. The van der Waals surface area contributed by atoms with Crippen LogP contribution in [0.3, 0.4) is 0 Å². The number of hydrogen-bond acceptors (Lipinski definition) is 4. The Labute approximate surface area is 218 Å². The fraction of sp³-hybridized carbons (Fsp3) is 0.367. The van der Waals surface area contributed by atoms with Crippen molar-refractivity contribution in [2.24, 2.45) is 11.3 Å². The zero-order valence-corrected chi connectivity index (χ0v) is 21.8. The van der Waals surface area contributed by atoms with Crippen LogP contribution < -0.4 is 5.32 Å². The SMILES string of the molecule is CCCC(C(=O)O)C(C(=O)NC(CO)C(C)(C)C)n1ccc(-c2ccc(-c3ccc(C#N)cc3)cc2)c1. The van der Waals surface area contributed by atoms with Gasteiger partial charge in [-0.2, -0.15) is 5.26 Å². The van der Waals surface area contributed by atoms with Gasteiger partial charge in [0, 0.05) is 12.4 Å². The van der Waals surface area contributed by atoms with E-state index in [1.165, 1.54) is 0 Å². The first-order valence-electron chi connectivity index (χ1n) is 12.5. The third kappa shape index (κ3) is 6.66. The molecular weight excluding hydrogens is 466 g/mol. The lowest BCUT2D eigenvalue weighted by molar-refractivity contribution is -0.147. The van der Waals surface area contributed by atoms with Crippen molar-refractivity contribution in [3.05, 3.63) is 72.6 Å². The Morgan fingerprint density at radius 2 is 1.51 bits per heavy atom. The van der Waals surface area contributed by atoms with Crippen molar-refractivity contribution >= 4 is 11.9 Å². The lowest BCUT2D eigenvalue weighted by atomic mass is 9.86. The summed E-state index contributed by atoms with van der Waals surface area (Å²) >= 11 is 0. The number of carboxylic acid groups (broad SMARTS) is 1. The number of amides is 1. The quantitative estimate of drug-likeness (QED) is 0.351. The van der Waals surface area contributed by atoms with Crippen molar-refractivity contribution in [2.75, 3.05) is 6.61 Å². The molecule has 0 spiro atoms. The molecule has 3 aromatic rings. The maximum Gasteiger partial charge on any atom is 0.309 e. The first kappa shape index (κ1) is 27.7. The molecule has 2 aromatic carbocycles. The van der Waals surface area contributed by atoms with Gasteiger partial charge in [-0.15, -0.1) is 0 Å². The molecule has 1 amide bonds. The highest BCUT2D eigenvalue weighted by Crippen LogP contribution is 2.30. The molecule has 0 aliphatic heterocycles. The fourth-order valence-electron chi connectivity index (χ4n) is 4.40. The van der Waals surface area contributed by atoms with E-state index in [0.29, 0.717) is 18.4 Å². The minimum absolute atomic E-state index is 0.240. The molecule has 0 radical (unpaired) electrons. The van der Waals surface area contributed by atoms with E-state index in [2.05, 4.69) is 11.4 Å². The summed E-state index contributed by atoms with van der Waals surface area (Å²) in [4.78, 5) is 25.6. The zero-order chi connectivity index (χ0) is 27.2. The standard InChI is InChI=1S/C30H35N3O4/c1-5-6-25(29(36)37)27(28(35)32-26(19-34)30(2,3)4)33-16-15-24(18-33)23-13-11-22(12-14-23)21-9-7-20(17-31)8-10-21/h7-16,18,25-27,34H,5-6,19H2,1-4H3,(H,32,35)(H,36,37). The zero-order valence-electron chi connectivity index (χ0n) is 21.8. The average Bonchev–Trinajstić information content (AvgIpc) is 3.36. The highest BCUT2D eigenvalue weighted by molar-refractivity contribution is 5.86. The van der Waals surface area contributed by atoms with Crippen LogP contribution in [0.25, 0.3) is 22.3 Å². The first-order chi connectivity index (χ1) is 17.6. The number of nitriles is 1. The van der Waals surface area contributed by atoms with Gasteiger partial charge in [0.2, 0.25) is 5.91 Å². The molecule has 0 saturated carbocycles. The Morgan fingerprint density at radius 3 is 1.97 bits per heavy atom. The molecule has 0 aliphatic carbocycles. The number of aliphatic carboxylic acids is 1. The van der Waals surface area contributed by atoms with Gasteiger partial charge in [0.05, 0.1) is 30.2 Å². The molecule has 3 N–H and O–H groups in total. The van der Waals surface area contributed by atoms with Crippen LogP contribution in [0.4, 0.5) is 0 Å². The summed E-state index contributed by atoms with van der Waals surface area (Å²) in [7, 11) is 0. The van der Waals surface area contributed by atoms with Gasteiger partial charge in [0.1, 0.15) is 6.04 Å². The Morgan fingerprint density at radius 1 is 0.973 bits per heavy atom. The van der Waals surface area contributed by atoms with E-state index in [1.807, 2.05) is 70.2 Å². The Kier molecular flexibility index (Phi) is 8.90. The minimum Gasteiger partial charge on any atom is -0.481 e. The molecule has 3 unspecified atom stereocenters. The molecule has 3 rings (SSSR count). The van der Waals surface area contributed by atoms with E-state index >= 15 is 0 Å².